The van der Waals surface area contributed by atoms with E-state index < -0.39 is 12.0 Å². The average molecular weight is 314 g/mol. The molecule has 120 valence electrons. The van der Waals surface area contributed by atoms with Crippen LogP contribution in [0.5, 0.6) is 5.75 Å². The molecule has 0 unspecified atom stereocenters. The first-order valence-corrected chi connectivity index (χ1v) is 7.06. The van der Waals surface area contributed by atoms with E-state index >= 15 is 0 Å². The van der Waals surface area contributed by atoms with Crippen molar-refractivity contribution in [3.05, 3.63) is 60.2 Å². The molecule has 2 amide bonds. The van der Waals surface area contributed by atoms with Crippen LogP contribution >= 0.6 is 0 Å². The SMILES string of the molecule is COc1cccc(NC(=O)NCC(=O)OCc2ccccc2)c1. The van der Waals surface area contributed by atoms with Crippen molar-refractivity contribution in [2.75, 3.05) is 19.0 Å². The maximum absolute atomic E-state index is 11.7. The lowest BCUT2D eigenvalue weighted by Gasteiger charge is -2.09. The average Bonchev–Trinajstić information content (AvgIpc) is 2.59. The molecule has 0 spiro atoms. The van der Waals surface area contributed by atoms with Crippen molar-refractivity contribution in [1.82, 2.24) is 5.32 Å². The Kier molecular flexibility index (Phi) is 5.99. The van der Waals surface area contributed by atoms with Crippen LogP contribution in [0.15, 0.2) is 54.6 Å². The van der Waals surface area contributed by atoms with Crippen molar-refractivity contribution >= 4 is 17.7 Å². The molecule has 0 saturated heterocycles. The van der Waals surface area contributed by atoms with Gasteiger partial charge in [0.1, 0.15) is 18.9 Å². The van der Waals surface area contributed by atoms with Gasteiger partial charge in [0.25, 0.3) is 0 Å². The van der Waals surface area contributed by atoms with Crippen LogP contribution in [0.4, 0.5) is 10.5 Å². The Labute approximate surface area is 134 Å². The summed E-state index contributed by atoms with van der Waals surface area (Å²) in [5.41, 5.74) is 1.46. The van der Waals surface area contributed by atoms with Crippen molar-refractivity contribution in [2.24, 2.45) is 0 Å². The molecule has 0 bridgehead atoms. The zero-order valence-electron chi connectivity index (χ0n) is 12.7. The normalized spacial score (nSPS) is 9.78. The van der Waals surface area contributed by atoms with E-state index in [1.165, 1.54) is 0 Å². The first-order valence-electron chi connectivity index (χ1n) is 7.06. The van der Waals surface area contributed by atoms with Crippen LogP contribution in [0.2, 0.25) is 0 Å². The summed E-state index contributed by atoms with van der Waals surface area (Å²) in [5.74, 6) is 0.125. The molecule has 0 aromatic heterocycles. The summed E-state index contributed by atoms with van der Waals surface area (Å²) in [7, 11) is 1.54. The van der Waals surface area contributed by atoms with E-state index in [2.05, 4.69) is 10.6 Å². The van der Waals surface area contributed by atoms with E-state index in [1.54, 1.807) is 31.4 Å². The number of carbonyl (C=O) groups is 2. The van der Waals surface area contributed by atoms with Crippen LogP contribution in [0.3, 0.4) is 0 Å². The van der Waals surface area contributed by atoms with Gasteiger partial charge in [0.2, 0.25) is 0 Å². The Morgan fingerprint density at radius 1 is 1.04 bits per heavy atom. The lowest BCUT2D eigenvalue weighted by molar-refractivity contribution is -0.143. The molecule has 0 fully saturated rings. The molecule has 2 rings (SSSR count). The lowest BCUT2D eigenvalue weighted by Crippen LogP contribution is -2.34. The van der Waals surface area contributed by atoms with E-state index in [4.69, 9.17) is 9.47 Å². The van der Waals surface area contributed by atoms with E-state index in [0.717, 1.165) is 5.56 Å². The molecule has 6 heteroatoms. The molecule has 0 atom stereocenters. The van der Waals surface area contributed by atoms with E-state index in [0.29, 0.717) is 11.4 Å². The third kappa shape index (κ3) is 5.70. The number of rotatable bonds is 6. The number of esters is 1. The van der Waals surface area contributed by atoms with Gasteiger partial charge in [0.15, 0.2) is 0 Å². The number of benzene rings is 2. The Balaban J connectivity index is 1.72. The molecule has 23 heavy (non-hydrogen) atoms. The first-order chi connectivity index (χ1) is 11.2. The predicted octanol–water partition coefficient (Wildman–Crippen LogP) is 2.56. The number of amides is 2. The predicted molar refractivity (Wildman–Crippen MR) is 86.3 cm³/mol. The van der Waals surface area contributed by atoms with Gasteiger partial charge in [0.05, 0.1) is 7.11 Å². The van der Waals surface area contributed by atoms with Crippen LogP contribution < -0.4 is 15.4 Å². The molecule has 0 saturated carbocycles. The maximum Gasteiger partial charge on any atom is 0.325 e. The maximum atomic E-state index is 11.7. The minimum Gasteiger partial charge on any atom is -0.497 e. The van der Waals surface area contributed by atoms with Gasteiger partial charge in [0, 0.05) is 11.8 Å². The topological polar surface area (TPSA) is 76.7 Å². The molecular weight excluding hydrogens is 296 g/mol. The summed E-state index contributed by atoms with van der Waals surface area (Å²) < 4.78 is 10.1. The molecule has 0 aliphatic carbocycles. The molecule has 0 radical (unpaired) electrons. The largest absolute Gasteiger partial charge is 0.497 e. The highest BCUT2D eigenvalue weighted by molar-refractivity contribution is 5.91. The second-order valence-electron chi connectivity index (χ2n) is 4.69. The fourth-order valence-electron chi connectivity index (χ4n) is 1.82. The number of hydrogen-bond acceptors (Lipinski definition) is 4. The number of urea groups is 1. The Morgan fingerprint density at radius 2 is 1.83 bits per heavy atom. The highest BCUT2D eigenvalue weighted by Crippen LogP contribution is 2.16. The fourth-order valence-corrected chi connectivity index (χ4v) is 1.82. The number of ether oxygens (including phenoxy) is 2. The van der Waals surface area contributed by atoms with Gasteiger partial charge in [-0.3, -0.25) is 4.79 Å². The molecule has 6 nitrogen and oxygen atoms in total. The molecule has 0 aliphatic rings. The van der Waals surface area contributed by atoms with Crippen molar-refractivity contribution in [2.45, 2.75) is 6.61 Å². The van der Waals surface area contributed by atoms with Crippen molar-refractivity contribution in [3.63, 3.8) is 0 Å². The molecular formula is C17H18N2O4. The van der Waals surface area contributed by atoms with E-state index in [-0.39, 0.29) is 13.2 Å². The van der Waals surface area contributed by atoms with E-state index in [1.807, 2.05) is 30.3 Å². The van der Waals surface area contributed by atoms with Crippen LogP contribution in [-0.4, -0.2) is 25.7 Å². The van der Waals surface area contributed by atoms with Gasteiger partial charge in [-0.2, -0.15) is 0 Å². The van der Waals surface area contributed by atoms with E-state index in [9.17, 15) is 9.59 Å². The molecule has 2 aromatic rings. The van der Waals surface area contributed by atoms with Gasteiger partial charge in [-0.25, -0.2) is 4.79 Å². The second-order valence-corrected chi connectivity index (χ2v) is 4.69. The Hall–Kier alpha value is -3.02. The minimum atomic E-state index is -0.505. The molecule has 0 heterocycles. The van der Waals surface area contributed by atoms with Gasteiger partial charge >= 0.3 is 12.0 Å². The zero-order chi connectivity index (χ0) is 16.5. The summed E-state index contributed by atoms with van der Waals surface area (Å²) in [6.07, 6.45) is 0. The van der Waals surface area contributed by atoms with Crippen LogP contribution in [0.25, 0.3) is 0 Å². The summed E-state index contributed by atoms with van der Waals surface area (Å²) >= 11 is 0. The Bertz CT molecular complexity index is 659. The fraction of sp³-hybridized carbons (Fsp3) is 0.176. The standard InChI is InChI=1S/C17H18N2O4/c1-22-15-9-5-8-14(10-15)19-17(21)18-11-16(20)23-12-13-6-3-2-4-7-13/h2-10H,11-12H2,1H3,(H2,18,19,21). The summed E-state index contributed by atoms with van der Waals surface area (Å²) in [6.45, 7) is -0.0263. The van der Waals surface area contributed by atoms with Crippen LogP contribution in [0, 0.1) is 0 Å². The summed E-state index contributed by atoms with van der Waals surface area (Å²) in [4.78, 5) is 23.3. The summed E-state index contributed by atoms with van der Waals surface area (Å²) in [5, 5.41) is 5.05. The number of anilines is 1. The zero-order valence-corrected chi connectivity index (χ0v) is 12.7. The van der Waals surface area contributed by atoms with Gasteiger partial charge in [-0.1, -0.05) is 36.4 Å². The smallest absolute Gasteiger partial charge is 0.325 e. The number of carbonyl (C=O) groups excluding carboxylic acids is 2. The Morgan fingerprint density at radius 3 is 2.57 bits per heavy atom. The number of nitrogens with one attached hydrogen (secondary N) is 2. The van der Waals surface area contributed by atoms with Crippen LogP contribution in [-0.2, 0) is 16.1 Å². The highest BCUT2D eigenvalue weighted by Gasteiger charge is 2.07. The van der Waals surface area contributed by atoms with Gasteiger partial charge in [-0.15, -0.1) is 0 Å². The van der Waals surface area contributed by atoms with Crippen molar-refractivity contribution < 1.29 is 19.1 Å². The third-order valence-corrected chi connectivity index (χ3v) is 2.96. The second kappa shape index (κ2) is 8.43. The molecule has 2 N–H and O–H groups in total. The molecule has 2 aromatic carbocycles. The van der Waals surface area contributed by atoms with Gasteiger partial charge < -0.3 is 20.1 Å². The third-order valence-electron chi connectivity index (χ3n) is 2.96. The quantitative estimate of drug-likeness (QED) is 0.803. The van der Waals surface area contributed by atoms with Crippen molar-refractivity contribution in [1.29, 1.82) is 0 Å². The minimum absolute atomic E-state index is 0.179. The van der Waals surface area contributed by atoms with Crippen LogP contribution in [0.1, 0.15) is 5.56 Å². The molecule has 0 aliphatic heterocycles. The lowest BCUT2D eigenvalue weighted by atomic mass is 10.2. The number of hydrogen-bond donors (Lipinski definition) is 2. The first kappa shape index (κ1) is 16.4. The highest BCUT2D eigenvalue weighted by atomic mass is 16.5. The van der Waals surface area contributed by atoms with Crippen molar-refractivity contribution in [3.8, 4) is 5.75 Å². The number of methoxy groups -OCH3 is 1. The summed E-state index contributed by atoms with van der Waals surface area (Å²) in [6, 6.07) is 15.7. The monoisotopic (exact) mass is 314 g/mol. The van der Waals surface area contributed by atoms with Gasteiger partial charge in [-0.05, 0) is 17.7 Å².